The third-order valence-corrected chi connectivity index (χ3v) is 4.37. The standard InChI is InChI=1S/C17H18ClF3N4O/c1-9(2)22-16(26)13-8-15-23-12(10-3-5-11(18)6-4-10)7-14(17(19,20)21)25(15)24-13/h3-6,8-9,12,14,23H,7H2,1-2H3,(H,22,26)/t12-,14-/m1/s1. The fraction of sp³-hybridized carbons (Fsp3) is 0.412. The Morgan fingerprint density at radius 1 is 1.35 bits per heavy atom. The summed E-state index contributed by atoms with van der Waals surface area (Å²) >= 11 is 5.85. The lowest BCUT2D eigenvalue weighted by molar-refractivity contribution is -0.173. The van der Waals surface area contributed by atoms with E-state index >= 15 is 0 Å². The van der Waals surface area contributed by atoms with Gasteiger partial charge in [-0.1, -0.05) is 23.7 Å². The molecule has 1 aromatic carbocycles. The zero-order valence-corrected chi connectivity index (χ0v) is 14.9. The Balaban J connectivity index is 1.96. The molecule has 2 atom stereocenters. The molecule has 26 heavy (non-hydrogen) atoms. The lowest BCUT2D eigenvalue weighted by atomic mass is 9.97. The molecule has 2 N–H and O–H groups in total. The van der Waals surface area contributed by atoms with Gasteiger partial charge < -0.3 is 10.6 Å². The van der Waals surface area contributed by atoms with E-state index in [1.807, 2.05) is 0 Å². The van der Waals surface area contributed by atoms with Crippen molar-refractivity contribution >= 4 is 23.3 Å². The van der Waals surface area contributed by atoms with Gasteiger partial charge in [0.2, 0.25) is 0 Å². The molecule has 0 aliphatic carbocycles. The van der Waals surface area contributed by atoms with Crippen LogP contribution in [0.3, 0.4) is 0 Å². The molecule has 0 saturated carbocycles. The molecule has 1 aliphatic rings. The van der Waals surface area contributed by atoms with Crippen LogP contribution in [0.15, 0.2) is 30.3 Å². The van der Waals surface area contributed by atoms with Crippen LogP contribution in [0.25, 0.3) is 0 Å². The number of hydrogen-bond acceptors (Lipinski definition) is 3. The van der Waals surface area contributed by atoms with E-state index in [1.165, 1.54) is 6.07 Å². The maximum atomic E-state index is 13.6. The first-order chi connectivity index (χ1) is 12.1. The summed E-state index contributed by atoms with van der Waals surface area (Å²) in [5.41, 5.74) is 0.636. The van der Waals surface area contributed by atoms with Crippen molar-refractivity contribution in [1.82, 2.24) is 15.1 Å². The minimum atomic E-state index is -4.49. The Morgan fingerprint density at radius 3 is 2.58 bits per heavy atom. The second-order valence-corrected chi connectivity index (χ2v) is 6.97. The van der Waals surface area contributed by atoms with E-state index in [2.05, 4.69) is 15.7 Å². The molecule has 0 radical (unpaired) electrons. The zero-order chi connectivity index (χ0) is 19.1. The van der Waals surface area contributed by atoms with E-state index in [1.54, 1.807) is 38.1 Å². The number of anilines is 1. The summed E-state index contributed by atoms with van der Waals surface area (Å²) in [5.74, 6) is -0.347. The summed E-state index contributed by atoms with van der Waals surface area (Å²) in [5, 5.41) is 10.1. The average molecular weight is 387 g/mol. The number of alkyl halides is 3. The number of aromatic nitrogens is 2. The number of fused-ring (bicyclic) bond motifs is 1. The summed E-state index contributed by atoms with van der Waals surface area (Å²) < 4.78 is 41.6. The van der Waals surface area contributed by atoms with Crippen LogP contribution in [0.2, 0.25) is 5.02 Å². The van der Waals surface area contributed by atoms with E-state index in [9.17, 15) is 18.0 Å². The highest BCUT2D eigenvalue weighted by Gasteiger charge is 2.46. The van der Waals surface area contributed by atoms with Gasteiger partial charge in [-0.2, -0.15) is 18.3 Å². The van der Waals surface area contributed by atoms with Crippen LogP contribution in [0, 0.1) is 0 Å². The molecule has 9 heteroatoms. The van der Waals surface area contributed by atoms with Crippen molar-refractivity contribution in [3.8, 4) is 0 Å². The highest BCUT2D eigenvalue weighted by atomic mass is 35.5. The number of benzene rings is 1. The van der Waals surface area contributed by atoms with Gasteiger partial charge in [0, 0.05) is 23.6 Å². The molecule has 2 aromatic rings. The average Bonchev–Trinajstić information content (AvgIpc) is 2.97. The quantitative estimate of drug-likeness (QED) is 0.825. The molecule has 140 valence electrons. The first-order valence-corrected chi connectivity index (χ1v) is 8.52. The van der Waals surface area contributed by atoms with Gasteiger partial charge in [-0.3, -0.25) is 4.79 Å². The normalized spacial score (nSPS) is 19.8. The van der Waals surface area contributed by atoms with Crippen LogP contribution in [0.4, 0.5) is 19.0 Å². The zero-order valence-electron chi connectivity index (χ0n) is 14.1. The smallest absolute Gasteiger partial charge is 0.363 e. The molecule has 1 aromatic heterocycles. The molecule has 3 rings (SSSR count). The monoisotopic (exact) mass is 386 g/mol. The number of carbonyl (C=O) groups excluding carboxylic acids is 1. The lowest BCUT2D eigenvalue weighted by Crippen LogP contribution is -2.36. The second kappa shape index (κ2) is 6.83. The third kappa shape index (κ3) is 3.80. The molecule has 1 aliphatic heterocycles. The van der Waals surface area contributed by atoms with Crippen LogP contribution in [0.5, 0.6) is 0 Å². The summed E-state index contributed by atoms with van der Waals surface area (Å²) in [6, 6.07) is 5.46. The van der Waals surface area contributed by atoms with Crippen molar-refractivity contribution in [2.75, 3.05) is 5.32 Å². The van der Waals surface area contributed by atoms with Gasteiger partial charge in [0.25, 0.3) is 5.91 Å². The van der Waals surface area contributed by atoms with Crippen molar-refractivity contribution in [3.05, 3.63) is 46.6 Å². The maximum Gasteiger partial charge on any atom is 0.410 e. The van der Waals surface area contributed by atoms with Gasteiger partial charge in [-0.15, -0.1) is 0 Å². The largest absolute Gasteiger partial charge is 0.410 e. The Kier molecular flexibility index (Phi) is 4.88. The Morgan fingerprint density at radius 2 is 2.00 bits per heavy atom. The minimum absolute atomic E-state index is 0.0489. The van der Waals surface area contributed by atoms with Crippen LogP contribution in [-0.2, 0) is 0 Å². The van der Waals surface area contributed by atoms with Gasteiger partial charge in [0.15, 0.2) is 11.7 Å². The fourth-order valence-electron chi connectivity index (χ4n) is 2.93. The molecule has 2 heterocycles. The van der Waals surface area contributed by atoms with Crippen molar-refractivity contribution in [1.29, 1.82) is 0 Å². The van der Waals surface area contributed by atoms with Gasteiger partial charge in [-0.05, 0) is 31.5 Å². The van der Waals surface area contributed by atoms with Crippen LogP contribution < -0.4 is 10.6 Å². The lowest BCUT2D eigenvalue weighted by Gasteiger charge is -2.33. The predicted molar refractivity (Wildman–Crippen MR) is 92.4 cm³/mol. The maximum absolute atomic E-state index is 13.6. The van der Waals surface area contributed by atoms with Crippen LogP contribution in [-0.4, -0.2) is 27.9 Å². The van der Waals surface area contributed by atoms with Gasteiger partial charge in [0.1, 0.15) is 5.82 Å². The third-order valence-electron chi connectivity index (χ3n) is 4.11. The Hall–Kier alpha value is -2.22. The van der Waals surface area contributed by atoms with Gasteiger partial charge >= 0.3 is 6.18 Å². The number of nitrogens with one attached hydrogen (secondary N) is 2. The summed E-state index contributed by atoms with van der Waals surface area (Å²) in [7, 11) is 0. The van der Waals surface area contributed by atoms with Crippen molar-refractivity contribution in [3.63, 3.8) is 0 Å². The molecule has 0 bridgehead atoms. The van der Waals surface area contributed by atoms with Crippen LogP contribution >= 0.6 is 11.6 Å². The molecule has 0 saturated heterocycles. The molecule has 0 spiro atoms. The van der Waals surface area contributed by atoms with Crippen molar-refractivity contribution < 1.29 is 18.0 Å². The van der Waals surface area contributed by atoms with E-state index in [4.69, 9.17) is 11.6 Å². The molecule has 5 nitrogen and oxygen atoms in total. The molecular weight excluding hydrogens is 369 g/mol. The first kappa shape index (κ1) is 18.6. The Bertz CT molecular complexity index is 801. The number of halogens is 4. The van der Waals surface area contributed by atoms with Crippen molar-refractivity contribution in [2.24, 2.45) is 0 Å². The SMILES string of the molecule is CC(C)NC(=O)c1cc2n(n1)[C@@H](C(F)(F)F)C[C@H](c1ccc(Cl)cc1)N2. The van der Waals surface area contributed by atoms with Crippen LogP contribution in [0.1, 0.15) is 48.4 Å². The van der Waals surface area contributed by atoms with E-state index in [0.29, 0.717) is 10.6 Å². The minimum Gasteiger partial charge on any atom is -0.363 e. The van der Waals surface area contributed by atoms with E-state index in [-0.39, 0.29) is 24.0 Å². The fourth-order valence-corrected chi connectivity index (χ4v) is 3.06. The first-order valence-electron chi connectivity index (χ1n) is 8.14. The molecule has 0 unspecified atom stereocenters. The molecular formula is C17H18ClF3N4O. The van der Waals surface area contributed by atoms with Gasteiger partial charge in [-0.25, -0.2) is 4.68 Å². The number of carbonyl (C=O) groups is 1. The summed E-state index contributed by atoms with van der Waals surface area (Å²) in [6.07, 6.45) is -4.72. The number of amides is 1. The molecule has 1 amide bonds. The summed E-state index contributed by atoms with van der Waals surface area (Å²) in [6.45, 7) is 3.53. The number of rotatable bonds is 3. The van der Waals surface area contributed by atoms with Gasteiger partial charge in [0.05, 0.1) is 6.04 Å². The number of nitrogens with zero attached hydrogens (tertiary/aromatic N) is 2. The highest BCUT2D eigenvalue weighted by molar-refractivity contribution is 6.30. The Labute approximate surface area is 153 Å². The number of hydrogen-bond donors (Lipinski definition) is 2. The second-order valence-electron chi connectivity index (χ2n) is 6.53. The highest BCUT2D eigenvalue weighted by Crippen LogP contribution is 2.43. The topological polar surface area (TPSA) is 59.0 Å². The van der Waals surface area contributed by atoms with Crippen molar-refractivity contribution in [2.45, 2.75) is 44.6 Å². The predicted octanol–water partition coefficient (Wildman–Crippen LogP) is 4.34. The summed E-state index contributed by atoms with van der Waals surface area (Å²) in [4.78, 5) is 12.1. The molecule has 0 fully saturated rings. The van der Waals surface area contributed by atoms with E-state index < -0.39 is 24.2 Å². The van der Waals surface area contributed by atoms with E-state index in [0.717, 1.165) is 4.68 Å².